The molecule has 0 atom stereocenters. The molecule has 2 amide bonds. The van der Waals surface area contributed by atoms with E-state index in [4.69, 9.17) is 0 Å². The minimum atomic E-state index is -0.112. The molecule has 8 heteroatoms. The number of hydrogen-bond acceptors (Lipinski definition) is 5. The number of aromatic nitrogens is 4. The van der Waals surface area contributed by atoms with Gasteiger partial charge in [0.2, 0.25) is 0 Å². The molecule has 2 rings (SSSR count). The van der Waals surface area contributed by atoms with Crippen molar-refractivity contribution in [2.24, 2.45) is 0 Å². The van der Waals surface area contributed by atoms with Crippen LogP contribution in [0.5, 0.6) is 0 Å². The molecule has 0 aromatic carbocycles. The number of nitrogens with zero attached hydrogens (tertiary/aromatic N) is 5. The summed E-state index contributed by atoms with van der Waals surface area (Å²) >= 11 is 0. The molecule has 0 radical (unpaired) electrons. The zero-order valence-corrected chi connectivity index (χ0v) is 11.2. The maximum atomic E-state index is 11.3. The van der Waals surface area contributed by atoms with Gasteiger partial charge in [0.05, 0.1) is 0 Å². The lowest BCUT2D eigenvalue weighted by Crippen LogP contribution is -2.37. The molecule has 0 unspecified atom stereocenters. The molecule has 0 aliphatic heterocycles. The van der Waals surface area contributed by atoms with Gasteiger partial charge in [0, 0.05) is 38.9 Å². The first kappa shape index (κ1) is 13.1. The van der Waals surface area contributed by atoms with Crippen LogP contribution in [0.3, 0.4) is 0 Å². The van der Waals surface area contributed by atoms with Crippen molar-refractivity contribution in [2.45, 2.75) is 6.92 Å². The molecule has 0 saturated carbocycles. The van der Waals surface area contributed by atoms with Gasteiger partial charge in [0.15, 0.2) is 0 Å². The summed E-state index contributed by atoms with van der Waals surface area (Å²) in [5.41, 5.74) is 0.861. The lowest BCUT2D eigenvalue weighted by atomic mass is 10.4. The zero-order chi connectivity index (χ0) is 13.8. The van der Waals surface area contributed by atoms with E-state index in [1.165, 1.54) is 11.2 Å². The second-order valence-corrected chi connectivity index (χ2v) is 4.31. The van der Waals surface area contributed by atoms with E-state index in [0.29, 0.717) is 18.9 Å². The summed E-state index contributed by atoms with van der Waals surface area (Å²) < 4.78 is 1.63. The zero-order valence-electron chi connectivity index (χ0n) is 11.2. The van der Waals surface area contributed by atoms with Crippen LogP contribution in [-0.4, -0.2) is 57.7 Å². The molecule has 0 aliphatic rings. The summed E-state index contributed by atoms with van der Waals surface area (Å²) in [5.74, 6) is 1.36. The molecule has 2 aromatic heterocycles. The summed E-state index contributed by atoms with van der Waals surface area (Å²) in [6.45, 7) is 3.01. The van der Waals surface area contributed by atoms with Gasteiger partial charge in [0.25, 0.3) is 5.78 Å². The van der Waals surface area contributed by atoms with Gasteiger partial charge in [-0.25, -0.2) is 9.78 Å². The third-order valence-electron chi connectivity index (χ3n) is 2.49. The molecule has 102 valence electrons. The van der Waals surface area contributed by atoms with Gasteiger partial charge >= 0.3 is 6.03 Å². The number of rotatable bonds is 4. The van der Waals surface area contributed by atoms with E-state index >= 15 is 0 Å². The number of carbonyl (C=O) groups excluding carboxylic acids is 1. The molecule has 19 heavy (non-hydrogen) atoms. The van der Waals surface area contributed by atoms with Crippen molar-refractivity contribution in [1.29, 1.82) is 0 Å². The molecule has 8 nitrogen and oxygen atoms in total. The Morgan fingerprint density at radius 3 is 2.95 bits per heavy atom. The standard InChI is InChI=1S/C11H17N7O/c1-8-6-9(18-10(16-8)14-7-15-18)12-4-5-13-11(19)17(2)3/h6-7,12H,4-5H2,1-3H3,(H,13,19). The number of aryl methyl sites for hydroxylation is 1. The highest BCUT2D eigenvalue weighted by molar-refractivity contribution is 5.73. The maximum Gasteiger partial charge on any atom is 0.316 e. The van der Waals surface area contributed by atoms with Crippen LogP contribution in [0.1, 0.15) is 5.69 Å². The van der Waals surface area contributed by atoms with Gasteiger partial charge in [-0.15, -0.1) is 0 Å². The van der Waals surface area contributed by atoms with E-state index < -0.39 is 0 Å². The average Bonchev–Trinajstić information content (AvgIpc) is 2.81. The Labute approximate surface area is 110 Å². The van der Waals surface area contributed by atoms with Crippen LogP contribution in [0.4, 0.5) is 10.6 Å². The van der Waals surface area contributed by atoms with Crippen molar-refractivity contribution >= 4 is 17.6 Å². The highest BCUT2D eigenvalue weighted by Gasteiger charge is 2.05. The average molecular weight is 263 g/mol. The Bertz CT molecular complexity index is 577. The van der Waals surface area contributed by atoms with Gasteiger partial charge in [-0.3, -0.25) is 0 Å². The Hall–Kier alpha value is -2.38. The molecule has 0 fully saturated rings. The maximum absolute atomic E-state index is 11.3. The van der Waals surface area contributed by atoms with Crippen molar-refractivity contribution in [1.82, 2.24) is 29.8 Å². The Balaban J connectivity index is 1.94. The second-order valence-electron chi connectivity index (χ2n) is 4.31. The monoisotopic (exact) mass is 263 g/mol. The summed E-state index contributed by atoms with van der Waals surface area (Å²) in [5, 5.41) is 10.1. The first-order chi connectivity index (χ1) is 9.08. The minimum Gasteiger partial charge on any atom is -0.368 e. The van der Waals surface area contributed by atoms with Crippen LogP contribution in [0.25, 0.3) is 5.78 Å². The predicted octanol–water partition coefficient (Wildman–Crippen LogP) is 0.116. The van der Waals surface area contributed by atoms with Crippen LogP contribution in [0.15, 0.2) is 12.4 Å². The van der Waals surface area contributed by atoms with Crippen LogP contribution in [-0.2, 0) is 0 Å². The van der Waals surface area contributed by atoms with E-state index in [2.05, 4.69) is 25.7 Å². The molecule has 0 spiro atoms. The molecular weight excluding hydrogens is 246 g/mol. The lowest BCUT2D eigenvalue weighted by Gasteiger charge is -2.13. The summed E-state index contributed by atoms with van der Waals surface area (Å²) in [4.78, 5) is 21.1. The smallest absolute Gasteiger partial charge is 0.316 e. The van der Waals surface area contributed by atoms with Gasteiger partial charge in [0.1, 0.15) is 12.1 Å². The largest absolute Gasteiger partial charge is 0.368 e. The van der Waals surface area contributed by atoms with Crippen LogP contribution < -0.4 is 10.6 Å². The minimum absolute atomic E-state index is 0.112. The fraction of sp³-hybridized carbons (Fsp3) is 0.455. The van der Waals surface area contributed by atoms with Crippen molar-refractivity contribution in [3.8, 4) is 0 Å². The molecule has 0 saturated heterocycles. The van der Waals surface area contributed by atoms with E-state index in [1.807, 2.05) is 13.0 Å². The van der Waals surface area contributed by atoms with Gasteiger partial charge in [-0.2, -0.15) is 14.6 Å². The normalized spacial score (nSPS) is 10.5. The Morgan fingerprint density at radius 2 is 2.21 bits per heavy atom. The number of amides is 2. The fourth-order valence-electron chi connectivity index (χ4n) is 1.57. The summed E-state index contributed by atoms with van der Waals surface area (Å²) in [6, 6.07) is 1.77. The number of nitrogens with one attached hydrogen (secondary N) is 2. The first-order valence-corrected chi connectivity index (χ1v) is 5.94. The second kappa shape index (κ2) is 5.51. The molecule has 0 aliphatic carbocycles. The number of carbonyl (C=O) groups is 1. The van der Waals surface area contributed by atoms with Gasteiger partial charge in [-0.05, 0) is 6.92 Å². The number of anilines is 1. The van der Waals surface area contributed by atoms with Crippen molar-refractivity contribution in [3.05, 3.63) is 18.1 Å². The number of fused-ring (bicyclic) bond motifs is 1. The summed E-state index contributed by atoms with van der Waals surface area (Å²) in [6.07, 6.45) is 1.46. The van der Waals surface area contributed by atoms with E-state index in [-0.39, 0.29) is 6.03 Å². The molecule has 2 aromatic rings. The third kappa shape index (κ3) is 3.09. The van der Waals surface area contributed by atoms with E-state index in [1.54, 1.807) is 18.6 Å². The fourth-order valence-corrected chi connectivity index (χ4v) is 1.57. The number of urea groups is 1. The van der Waals surface area contributed by atoms with Crippen molar-refractivity contribution in [2.75, 3.05) is 32.5 Å². The Kier molecular flexibility index (Phi) is 3.79. The lowest BCUT2D eigenvalue weighted by molar-refractivity contribution is 0.218. The highest BCUT2D eigenvalue weighted by atomic mass is 16.2. The molecule has 2 heterocycles. The summed E-state index contributed by atoms with van der Waals surface area (Å²) in [7, 11) is 3.40. The van der Waals surface area contributed by atoms with E-state index in [0.717, 1.165) is 11.5 Å². The third-order valence-corrected chi connectivity index (χ3v) is 2.49. The van der Waals surface area contributed by atoms with Crippen LogP contribution >= 0.6 is 0 Å². The van der Waals surface area contributed by atoms with Crippen LogP contribution in [0, 0.1) is 6.92 Å². The van der Waals surface area contributed by atoms with E-state index in [9.17, 15) is 4.79 Å². The predicted molar refractivity (Wildman–Crippen MR) is 71.1 cm³/mol. The highest BCUT2D eigenvalue weighted by Crippen LogP contribution is 2.09. The Morgan fingerprint density at radius 1 is 1.42 bits per heavy atom. The van der Waals surface area contributed by atoms with Crippen molar-refractivity contribution < 1.29 is 4.79 Å². The van der Waals surface area contributed by atoms with Gasteiger partial charge < -0.3 is 15.5 Å². The quantitative estimate of drug-likeness (QED) is 0.765. The van der Waals surface area contributed by atoms with Gasteiger partial charge in [-0.1, -0.05) is 0 Å². The SMILES string of the molecule is Cc1cc(NCCNC(=O)N(C)C)n2ncnc2n1. The molecular formula is C11H17N7O. The number of hydrogen-bond donors (Lipinski definition) is 2. The van der Waals surface area contributed by atoms with Crippen LogP contribution in [0.2, 0.25) is 0 Å². The topological polar surface area (TPSA) is 87.5 Å². The van der Waals surface area contributed by atoms with Crippen molar-refractivity contribution in [3.63, 3.8) is 0 Å². The first-order valence-electron chi connectivity index (χ1n) is 5.94. The molecule has 2 N–H and O–H groups in total. The molecule has 0 bridgehead atoms.